The number of nitrogens with two attached hydrogens (primary N) is 1. The summed E-state index contributed by atoms with van der Waals surface area (Å²) >= 11 is 0. The van der Waals surface area contributed by atoms with Crippen LogP contribution < -0.4 is 18.1 Å². The lowest BCUT2D eigenvalue weighted by atomic mass is 9.42. The molecule has 0 radical (unpaired) electrons. The summed E-state index contributed by atoms with van der Waals surface area (Å²) < 4.78 is 0. The van der Waals surface area contributed by atoms with Crippen LogP contribution in [0.5, 0.6) is 0 Å². The molecule has 4 bridgehead atoms. The van der Waals surface area contributed by atoms with Crippen LogP contribution in [0.1, 0.15) is 57.8 Å². The smallest absolute Gasteiger partial charge is 0.00489 e. The molecule has 0 heterocycles. The molecule has 5 fully saturated rings. The quantitative estimate of drug-likeness (QED) is 0.740. The van der Waals surface area contributed by atoms with Crippen LogP contribution in [0.2, 0.25) is 0 Å². The topological polar surface area (TPSA) is 26.0 Å². The van der Waals surface area contributed by atoms with E-state index in [1.165, 1.54) is 25.7 Å². The molecule has 0 aromatic heterocycles. The highest BCUT2D eigenvalue weighted by atomic mass is 35.5. The van der Waals surface area contributed by atoms with Gasteiger partial charge in [-0.2, -0.15) is 0 Å². The molecule has 1 spiro atoms. The maximum absolute atomic E-state index is 5.87. The van der Waals surface area contributed by atoms with Gasteiger partial charge in [0.1, 0.15) is 0 Å². The fourth-order valence-corrected chi connectivity index (χ4v) is 6.39. The summed E-state index contributed by atoms with van der Waals surface area (Å²) in [6, 6.07) is 0. The van der Waals surface area contributed by atoms with E-state index in [1.807, 2.05) is 0 Å². The van der Waals surface area contributed by atoms with E-state index in [0.29, 0.717) is 0 Å². The molecule has 5 aliphatic rings. The van der Waals surface area contributed by atoms with Gasteiger partial charge in [0.05, 0.1) is 0 Å². The summed E-state index contributed by atoms with van der Waals surface area (Å²) in [5.74, 6) is 5.37. The molecule has 0 saturated heterocycles. The third-order valence-corrected chi connectivity index (χ3v) is 7.13. The zero-order valence-electron chi connectivity index (χ0n) is 11.4. The Bertz CT molecular complexity index is 276. The predicted molar refractivity (Wildman–Crippen MR) is 70.5 cm³/mol. The average molecular weight is 269 g/mol. The molecule has 0 aromatic rings. The van der Waals surface area contributed by atoms with Gasteiger partial charge in [-0.25, -0.2) is 0 Å². The average Bonchev–Trinajstić information content (AvgIpc) is 2.36. The van der Waals surface area contributed by atoms with Crippen LogP contribution in [0.4, 0.5) is 0 Å². The van der Waals surface area contributed by atoms with Crippen molar-refractivity contribution in [1.82, 2.24) is 0 Å². The van der Waals surface area contributed by atoms with Gasteiger partial charge in [-0.15, -0.1) is 0 Å². The monoisotopic (exact) mass is 268 g/mol. The fourth-order valence-electron chi connectivity index (χ4n) is 6.39. The summed E-state index contributed by atoms with van der Waals surface area (Å²) in [7, 11) is 0. The zero-order valence-corrected chi connectivity index (χ0v) is 12.2. The van der Waals surface area contributed by atoms with Crippen LogP contribution in [-0.2, 0) is 0 Å². The summed E-state index contributed by atoms with van der Waals surface area (Å²) in [5, 5.41) is 0. The molecule has 5 saturated carbocycles. The Morgan fingerprint density at radius 2 is 1.33 bits per heavy atom. The van der Waals surface area contributed by atoms with Crippen LogP contribution in [0.3, 0.4) is 0 Å². The van der Waals surface area contributed by atoms with Gasteiger partial charge in [-0.1, -0.05) is 0 Å². The van der Waals surface area contributed by atoms with Gasteiger partial charge in [-0.05, 0) is 99.3 Å². The van der Waals surface area contributed by atoms with Crippen molar-refractivity contribution in [3.05, 3.63) is 0 Å². The van der Waals surface area contributed by atoms with Gasteiger partial charge in [0, 0.05) is 0 Å². The molecule has 2 N–H and O–H groups in total. The van der Waals surface area contributed by atoms with Gasteiger partial charge in [0.25, 0.3) is 0 Å². The molecule has 5 rings (SSSR count). The highest BCUT2D eigenvalue weighted by molar-refractivity contribution is 5.07. The Morgan fingerprint density at radius 1 is 0.833 bits per heavy atom. The molecule has 0 aromatic carbocycles. The molecule has 104 valence electrons. The maximum Gasteiger partial charge on any atom is -0.00489 e. The van der Waals surface area contributed by atoms with Crippen molar-refractivity contribution >= 4 is 0 Å². The van der Waals surface area contributed by atoms with Crippen LogP contribution >= 0.6 is 0 Å². The molecular formula is C16H27ClN-. The first kappa shape index (κ1) is 13.2. The van der Waals surface area contributed by atoms with E-state index < -0.39 is 0 Å². The third kappa shape index (κ3) is 1.77. The van der Waals surface area contributed by atoms with Crippen molar-refractivity contribution in [1.29, 1.82) is 0 Å². The van der Waals surface area contributed by atoms with Crippen molar-refractivity contribution in [3.8, 4) is 0 Å². The molecule has 18 heavy (non-hydrogen) atoms. The second kappa shape index (κ2) is 4.66. The third-order valence-electron chi connectivity index (χ3n) is 7.13. The van der Waals surface area contributed by atoms with E-state index in [1.54, 1.807) is 32.1 Å². The minimum absolute atomic E-state index is 0. The highest BCUT2D eigenvalue weighted by Gasteiger charge is 2.57. The fraction of sp³-hybridized carbons (Fsp3) is 1.00. The lowest BCUT2D eigenvalue weighted by Crippen LogP contribution is -3.00. The standard InChI is InChI=1S/C16H27N.ClH/c17-10-11-1-3-16(4-2-11)14-6-12-5-13(8-14)9-15(16)7-12;/h11-15H,1-10,17H2;1H/p-1. The molecule has 0 unspecified atom stereocenters. The Balaban J connectivity index is 0.000001000. The first-order valence-electron chi connectivity index (χ1n) is 8.00. The second-order valence-corrected chi connectivity index (χ2v) is 7.72. The van der Waals surface area contributed by atoms with Gasteiger partial charge < -0.3 is 18.1 Å². The largest absolute Gasteiger partial charge is 1.00 e. The number of rotatable bonds is 1. The van der Waals surface area contributed by atoms with Gasteiger partial charge in [0.2, 0.25) is 0 Å². The first-order chi connectivity index (χ1) is 8.30. The van der Waals surface area contributed by atoms with Gasteiger partial charge in [-0.3, -0.25) is 0 Å². The summed E-state index contributed by atoms with van der Waals surface area (Å²) in [6.45, 7) is 0.941. The van der Waals surface area contributed by atoms with Crippen molar-refractivity contribution in [2.75, 3.05) is 6.54 Å². The van der Waals surface area contributed by atoms with Gasteiger partial charge >= 0.3 is 0 Å². The Kier molecular flexibility index (Phi) is 3.43. The molecule has 0 atom stereocenters. The van der Waals surface area contributed by atoms with E-state index in [-0.39, 0.29) is 12.4 Å². The molecule has 0 aliphatic heterocycles. The highest BCUT2D eigenvalue weighted by Crippen LogP contribution is 2.66. The zero-order chi connectivity index (χ0) is 11.5. The lowest BCUT2D eigenvalue weighted by Gasteiger charge is -2.63. The van der Waals surface area contributed by atoms with E-state index >= 15 is 0 Å². The molecule has 0 amide bonds. The van der Waals surface area contributed by atoms with E-state index in [0.717, 1.165) is 41.5 Å². The van der Waals surface area contributed by atoms with Crippen LogP contribution in [0.15, 0.2) is 0 Å². The Hall–Kier alpha value is 0.250. The SMILES string of the molecule is NCC1CCC2(CC1)C1CC3CC(C1)CC2C3.[Cl-]. The minimum atomic E-state index is 0. The van der Waals surface area contributed by atoms with Crippen molar-refractivity contribution in [2.45, 2.75) is 57.8 Å². The van der Waals surface area contributed by atoms with Crippen molar-refractivity contribution in [3.63, 3.8) is 0 Å². The minimum Gasteiger partial charge on any atom is -1.00 e. The lowest BCUT2D eigenvalue weighted by molar-refractivity contribution is -0.131. The Labute approximate surface area is 118 Å². The van der Waals surface area contributed by atoms with Crippen LogP contribution in [-0.4, -0.2) is 6.54 Å². The number of hydrogen-bond donors (Lipinski definition) is 1. The molecule has 1 nitrogen and oxygen atoms in total. The van der Waals surface area contributed by atoms with E-state index in [2.05, 4.69) is 0 Å². The summed E-state index contributed by atoms with van der Waals surface area (Å²) in [4.78, 5) is 0. The number of halogens is 1. The normalized spacial score (nSPS) is 53.5. The molecular weight excluding hydrogens is 242 g/mol. The summed E-state index contributed by atoms with van der Waals surface area (Å²) in [6.07, 6.45) is 13.9. The Morgan fingerprint density at radius 3 is 1.78 bits per heavy atom. The number of hydrogen-bond acceptors (Lipinski definition) is 1. The molecule has 2 heteroatoms. The first-order valence-corrected chi connectivity index (χ1v) is 8.00. The maximum atomic E-state index is 5.87. The predicted octanol–water partition coefficient (Wildman–Crippen LogP) is 0.582. The van der Waals surface area contributed by atoms with Crippen molar-refractivity contribution < 1.29 is 12.4 Å². The van der Waals surface area contributed by atoms with E-state index in [9.17, 15) is 0 Å². The van der Waals surface area contributed by atoms with E-state index in [4.69, 9.17) is 5.73 Å². The second-order valence-electron chi connectivity index (χ2n) is 7.72. The van der Waals surface area contributed by atoms with Crippen molar-refractivity contribution in [2.24, 2.45) is 40.7 Å². The van der Waals surface area contributed by atoms with Crippen LogP contribution in [0.25, 0.3) is 0 Å². The summed E-state index contributed by atoms with van der Waals surface area (Å²) in [5.41, 5.74) is 6.67. The molecule has 5 aliphatic carbocycles. The van der Waals surface area contributed by atoms with Gasteiger partial charge in [0.15, 0.2) is 0 Å². The van der Waals surface area contributed by atoms with Crippen LogP contribution in [0, 0.1) is 35.0 Å².